The van der Waals surface area contributed by atoms with Crippen molar-refractivity contribution in [2.45, 2.75) is 43.0 Å². The first-order valence-electron chi connectivity index (χ1n) is 9.65. The Labute approximate surface area is 183 Å². The topological polar surface area (TPSA) is 249 Å². The number of carbonyl (C=O) groups excluding carboxylic acids is 1. The third-order valence-electron chi connectivity index (χ3n) is 5.10. The number of ether oxygens (including phenoxy) is 1. The van der Waals surface area contributed by atoms with Crippen LogP contribution in [0, 0.1) is 0 Å². The standard InChI is InChI=1S/C17H22N6O10/c24-4-8-12(28)13(29)17(33-8,23-6-20-11-14(23)18-5-19-15(11)30)21-3-9(25)22-7(16(31)32)1-2-10(26)27/h5-8,12-13,21,24,28-29H,1-4H2,(H,22,25)(H,26,27)(H,31,32)(H,18,19,30)/t7-,8+,12+,13+,17-/m0/s1. The van der Waals surface area contributed by atoms with Gasteiger partial charge in [-0.25, -0.2) is 14.8 Å². The molecule has 2 aromatic rings. The van der Waals surface area contributed by atoms with Gasteiger partial charge in [-0.1, -0.05) is 0 Å². The number of carbonyl (C=O) groups is 3. The summed E-state index contributed by atoms with van der Waals surface area (Å²) in [6, 6.07) is -1.49. The zero-order valence-electron chi connectivity index (χ0n) is 16.9. The van der Waals surface area contributed by atoms with E-state index in [1.54, 1.807) is 0 Å². The fourth-order valence-corrected chi connectivity index (χ4v) is 3.45. The molecule has 33 heavy (non-hydrogen) atoms. The average molecular weight is 470 g/mol. The van der Waals surface area contributed by atoms with Crippen molar-refractivity contribution in [3.63, 3.8) is 0 Å². The van der Waals surface area contributed by atoms with Crippen molar-refractivity contribution in [3.8, 4) is 0 Å². The van der Waals surface area contributed by atoms with Crippen molar-refractivity contribution in [2.24, 2.45) is 0 Å². The minimum atomic E-state index is -2.13. The summed E-state index contributed by atoms with van der Waals surface area (Å²) in [5, 5.41) is 53.2. The second-order valence-electron chi connectivity index (χ2n) is 7.23. The van der Waals surface area contributed by atoms with Gasteiger partial charge in [0, 0.05) is 6.42 Å². The first kappa shape index (κ1) is 24.2. The number of aliphatic hydroxyl groups is 3. The molecule has 180 valence electrons. The molecule has 0 unspecified atom stereocenters. The van der Waals surface area contributed by atoms with Gasteiger partial charge in [0.05, 0.1) is 19.5 Å². The van der Waals surface area contributed by atoms with Gasteiger partial charge in [0.1, 0.15) is 30.7 Å². The molecule has 0 aliphatic carbocycles. The number of aromatic amines is 1. The normalized spacial score (nSPS) is 25.7. The molecule has 3 heterocycles. The summed E-state index contributed by atoms with van der Waals surface area (Å²) in [4.78, 5) is 56.6. The van der Waals surface area contributed by atoms with E-state index in [1.807, 2.05) is 0 Å². The van der Waals surface area contributed by atoms with Gasteiger partial charge in [-0.15, -0.1) is 0 Å². The molecule has 2 aromatic heterocycles. The molecule has 0 saturated carbocycles. The molecule has 0 spiro atoms. The number of carboxylic acid groups (broad SMARTS) is 2. The van der Waals surface area contributed by atoms with Crippen LogP contribution in [-0.2, 0) is 25.0 Å². The van der Waals surface area contributed by atoms with Crippen LogP contribution in [0.2, 0.25) is 0 Å². The van der Waals surface area contributed by atoms with Crippen LogP contribution in [-0.4, -0.2) is 100 Å². The molecule has 5 atom stereocenters. The van der Waals surface area contributed by atoms with Crippen molar-refractivity contribution in [1.29, 1.82) is 0 Å². The van der Waals surface area contributed by atoms with Gasteiger partial charge in [-0.3, -0.25) is 24.3 Å². The number of nitrogens with one attached hydrogen (secondary N) is 3. The van der Waals surface area contributed by atoms with E-state index in [4.69, 9.17) is 9.84 Å². The van der Waals surface area contributed by atoms with Crippen LogP contribution >= 0.6 is 0 Å². The highest BCUT2D eigenvalue weighted by atomic mass is 16.6. The monoisotopic (exact) mass is 470 g/mol. The first-order chi connectivity index (χ1) is 15.6. The van der Waals surface area contributed by atoms with E-state index >= 15 is 0 Å². The maximum atomic E-state index is 12.4. The Morgan fingerprint density at radius 2 is 2.00 bits per heavy atom. The average Bonchev–Trinajstić information content (AvgIpc) is 3.31. The van der Waals surface area contributed by atoms with Gasteiger partial charge in [0.15, 0.2) is 11.2 Å². The van der Waals surface area contributed by atoms with E-state index in [1.165, 1.54) is 0 Å². The van der Waals surface area contributed by atoms with Crippen LogP contribution < -0.4 is 16.2 Å². The number of aromatic nitrogens is 4. The summed E-state index contributed by atoms with van der Waals surface area (Å²) in [6.45, 7) is -1.38. The zero-order chi connectivity index (χ0) is 24.3. The molecule has 8 N–H and O–H groups in total. The van der Waals surface area contributed by atoms with E-state index in [0.717, 1.165) is 17.2 Å². The highest BCUT2D eigenvalue weighted by Crippen LogP contribution is 2.34. The molecule has 0 bridgehead atoms. The number of hydrogen-bond acceptors (Lipinski definition) is 11. The van der Waals surface area contributed by atoms with Crippen molar-refractivity contribution in [2.75, 3.05) is 13.2 Å². The molecule has 16 nitrogen and oxygen atoms in total. The third-order valence-corrected chi connectivity index (χ3v) is 5.10. The lowest BCUT2D eigenvalue weighted by Crippen LogP contribution is -2.59. The number of nitrogens with zero attached hydrogens (tertiary/aromatic N) is 3. The molecule has 1 amide bonds. The lowest BCUT2D eigenvalue weighted by molar-refractivity contribution is -0.170. The maximum Gasteiger partial charge on any atom is 0.326 e. The summed E-state index contributed by atoms with van der Waals surface area (Å²) in [6.07, 6.45) is -3.44. The quantitative estimate of drug-likeness (QED) is 0.164. The summed E-state index contributed by atoms with van der Waals surface area (Å²) >= 11 is 0. The number of imidazole rings is 1. The molecular formula is C17H22N6O10. The van der Waals surface area contributed by atoms with Crippen LogP contribution in [0.4, 0.5) is 0 Å². The summed E-state index contributed by atoms with van der Waals surface area (Å²) in [5.41, 5.74) is -0.831. The smallest absolute Gasteiger partial charge is 0.326 e. The molecule has 1 aliphatic rings. The van der Waals surface area contributed by atoms with Gasteiger partial charge in [0.2, 0.25) is 11.8 Å². The van der Waals surface area contributed by atoms with E-state index in [-0.39, 0.29) is 17.6 Å². The number of rotatable bonds is 10. The minimum Gasteiger partial charge on any atom is -0.481 e. The van der Waals surface area contributed by atoms with Gasteiger partial charge in [-0.2, -0.15) is 0 Å². The maximum absolute atomic E-state index is 12.4. The lowest BCUT2D eigenvalue weighted by Gasteiger charge is -2.34. The Hall–Kier alpha value is -3.44. The van der Waals surface area contributed by atoms with Gasteiger partial charge in [0.25, 0.3) is 5.56 Å². The SMILES string of the molecule is O=C(O)CC[C@H](NC(=O)CN[C@@]1(n2cnc3c(=O)[nH]cnc32)O[C@H](CO)[C@@H](O)[C@H]1O)C(=O)O. The molecule has 1 saturated heterocycles. The number of hydrogen-bond donors (Lipinski definition) is 8. The Morgan fingerprint density at radius 3 is 2.61 bits per heavy atom. The van der Waals surface area contributed by atoms with Gasteiger partial charge >= 0.3 is 11.9 Å². The van der Waals surface area contributed by atoms with E-state index in [2.05, 4.69) is 25.6 Å². The van der Waals surface area contributed by atoms with Crippen molar-refractivity contribution >= 4 is 29.0 Å². The lowest BCUT2D eigenvalue weighted by atomic mass is 10.1. The van der Waals surface area contributed by atoms with Crippen LogP contribution in [0.3, 0.4) is 0 Å². The molecule has 0 radical (unpaired) electrons. The van der Waals surface area contributed by atoms with Crippen LogP contribution in [0.25, 0.3) is 11.2 Å². The summed E-state index contributed by atoms with van der Waals surface area (Å²) in [7, 11) is 0. The first-order valence-corrected chi connectivity index (χ1v) is 9.65. The molecule has 1 aliphatic heterocycles. The van der Waals surface area contributed by atoms with Gasteiger partial charge in [-0.05, 0) is 6.42 Å². The predicted molar refractivity (Wildman–Crippen MR) is 105 cm³/mol. The number of aliphatic hydroxyl groups excluding tert-OH is 3. The van der Waals surface area contributed by atoms with Gasteiger partial charge < -0.3 is 40.6 Å². The van der Waals surface area contributed by atoms with Crippen LogP contribution in [0.1, 0.15) is 12.8 Å². The number of fused-ring (bicyclic) bond motifs is 1. The van der Waals surface area contributed by atoms with Crippen molar-refractivity contribution in [3.05, 3.63) is 23.0 Å². The van der Waals surface area contributed by atoms with E-state index in [9.17, 15) is 39.6 Å². The molecular weight excluding hydrogens is 448 g/mol. The number of aliphatic carboxylic acids is 2. The number of amides is 1. The Bertz CT molecular complexity index is 1100. The molecule has 0 aromatic carbocycles. The highest BCUT2D eigenvalue weighted by Gasteiger charge is 2.56. The summed E-state index contributed by atoms with van der Waals surface area (Å²) in [5.74, 6) is -5.72. The Morgan fingerprint density at radius 1 is 1.27 bits per heavy atom. The second-order valence-corrected chi connectivity index (χ2v) is 7.23. The Balaban J connectivity index is 1.88. The number of carboxylic acids is 2. The number of H-pyrrole nitrogens is 1. The molecule has 1 fully saturated rings. The van der Waals surface area contributed by atoms with Crippen LogP contribution in [0.5, 0.6) is 0 Å². The highest BCUT2D eigenvalue weighted by molar-refractivity contribution is 5.85. The second kappa shape index (κ2) is 9.59. The summed E-state index contributed by atoms with van der Waals surface area (Å²) < 4.78 is 6.70. The molecule has 3 rings (SSSR count). The third kappa shape index (κ3) is 4.69. The van der Waals surface area contributed by atoms with Crippen LogP contribution in [0.15, 0.2) is 17.4 Å². The predicted octanol–water partition coefficient (Wildman–Crippen LogP) is -4.13. The Kier molecular flexibility index (Phi) is 7.04. The molecule has 16 heteroatoms. The fraction of sp³-hybridized carbons (Fsp3) is 0.529. The van der Waals surface area contributed by atoms with E-state index < -0.39 is 73.2 Å². The van der Waals surface area contributed by atoms with Crippen molar-refractivity contribution in [1.82, 2.24) is 30.2 Å². The largest absolute Gasteiger partial charge is 0.481 e. The van der Waals surface area contributed by atoms with E-state index in [0.29, 0.717) is 0 Å². The van der Waals surface area contributed by atoms with Crippen molar-refractivity contribution < 1.29 is 44.7 Å². The minimum absolute atomic E-state index is 0.0821. The fourth-order valence-electron chi connectivity index (χ4n) is 3.45. The zero-order valence-corrected chi connectivity index (χ0v) is 16.9.